The van der Waals surface area contributed by atoms with E-state index in [9.17, 15) is 0 Å². The second-order valence-electron chi connectivity index (χ2n) is 4.25. The molecule has 0 aromatic rings. The summed E-state index contributed by atoms with van der Waals surface area (Å²) in [7, 11) is 0. The van der Waals surface area contributed by atoms with Crippen molar-refractivity contribution in [2.75, 3.05) is 24.7 Å². The van der Waals surface area contributed by atoms with Crippen LogP contribution in [-0.2, 0) is 4.74 Å². The van der Waals surface area contributed by atoms with Gasteiger partial charge in [-0.2, -0.15) is 0 Å². The lowest BCUT2D eigenvalue weighted by atomic mass is 10.2. The van der Waals surface area contributed by atoms with E-state index >= 15 is 0 Å². The Labute approximate surface area is 103 Å². The third-order valence-corrected chi connectivity index (χ3v) is 5.94. The molecule has 0 bridgehead atoms. The van der Waals surface area contributed by atoms with Gasteiger partial charge >= 0.3 is 0 Å². The first-order valence-corrected chi connectivity index (χ1v) is 8.09. The molecule has 1 saturated heterocycles. The normalized spacial score (nSPS) is 20.4. The molecule has 0 saturated carbocycles. The summed E-state index contributed by atoms with van der Waals surface area (Å²) in [4.78, 5) is 0. The van der Waals surface area contributed by atoms with E-state index in [0.29, 0.717) is 4.08 Å². The van der Waals surface area contributed by atoms with Gasteiger partial charge in [0.15, 0.2) is 0 Å². The highest BCUT2D eigenvalue weighted by Gasteiger charge is 2.27. The fourth-order valence-electron chi connectivity index (χ4n) is 1.72. The van der Waals surface area contributed by atoms with Crippen LogP contribution in [0.5, 0.6) is 0 Å². The van der Waals surface area contributed by atoms with Crippen LogP contribution in [0.15, 0.2) is 0 Å². The van der Waals surface area contributed by atoms with Crippen molar-refractivity contribution in [2.45, 2.75) is 50.0 Å². The van der Waals surface area contributed by atoms with Gasteiger partial charge in [0, 0.05) is 13.2 Å². The van der Waals surface area contributed by atoms with Crippen molar-refractivity contribution in [1.29, 1.82) is 0 Å². The zero-order valence-electron chi connectivity index (χ0n) is 10.1. The Kier molecular flexibility index (Phi) is 7.19. The maximum Gasteiger partial charge on any atom is 0.0583 e. The zero-order chi connectivity index (χ0) is 11.0. The molecule has 1 aliphatic heterocycles. The van der Waals surface area contributed by atoms with Crippen LogP contribution < -0.4 is 0 Å². The summed E-state index contributed by atoms with van der Waals surface area (Å²) in [5.74, 6) is 2.71. The number of rotatable bonds is 7. The van der Waals surface area contributed by atoms with Gasteiger partial charge in [-0.3, -0.25) is 0 Å². The van der Waals surface area contributed by atoms with Crippen LogP contribution in [0.1, 0.15) is 46.0 Å². The average molecular weight is 248 g/mol. The summed E-state index contributed by atoms with van der Waals surface area (Å²) in [5.41, 5.74) is 0. The smallest absolute Gasteiger partial charge is 0.0583 e. The van der Waals surface area contributed by atoms with Gasteiger partial charge in [-0.1, -0.05) is 6.92 Å². The van der Waals surface area contributed by atoms with Gasteiger partial charge in [0.25, 0.3) is 0 Å². The number of hydrogen-bond acceptors (Lipinski definition) is 3. The van der Waals surface area contributed by atoms with Gasteiger partial charge in [-0.15, -0.1) is 23.5 Å². The maximum absolute atomic E-state index is 5.49. The molecule has 1 aliphatic rings. The number of ether oxygens (including phenoxy) is 1. The molecule has 0 aromatic carbocycles. The van der Waals surface area contributed by atoms with E-state index in [1.165, 1.54) is 37.2 Å². The summed E-state index contributed by atoms with van der Waals surface area (Å²) in [6.07, 6.45) is 6.43. The van der Waals surface area contributed by atoms with Crippen molar-refractivity contribution in [3.05, 3.63) is 0 Å². The Morgan fingerprint density at radius 1 is 1.13 bits per heavy atom. The van der Waals surface area contributed by atoms with Crippen molar-refractivity contribution in [2.24, 2.45) is 0 Å². The highest BCUT2D eigenvalue weighted by atomic mass is 32.2. The largest absolute Gasteiger partial charge is 0.381 e. The summed E-state index contributed by atoms with van der Waals surface area (Å²) >= 11 is 4.31. The molecule has 15 heavy (non-hydrogen) atoms. The van der Waals surface area contributed by atoms with E-state index in [1.807, 2.05) is 0 Å². The molecule has 0 aromatic heterocycles. The van der Waals surface area contributed by atoms with Crippen molar-refractivity contribution < 1.29 is 4.74 Å². The van der Waals surface area contributed by atoms with Crippen LogP contribution >= 0.6 is 23.5 Å². The van der Waals surface area contributed by atoms with E-state index < -0.39 is 0 Å². The Morgan fingerprint density at radius 2 is 1.87 bits per heavy atom. The second kappa shape index (κ2) is 7.86. The third-order valence-electron chi connectivity index (χ3n) is 2.62. The summed E-state index contributed by atoms with van der Waals surface area (Å²) in [6.45, 7) is 6.46. The molecule has 0 aliphatic carbocycles. The van der Waals surface area contributed by atoms with Crippen molar-refractivity contribution in [3.8, 4) is 0 Å². The average Bonchev–Trinajstić information content (AvgIpc) is 2.24. The zero-order valence-corrected chi connectivity index (χ0v) is 11.7. The number of thioether (sulfide) groups is 2. The van der Waals surface area contributed by atoms with Gasteiger partial charge in [-0.25, -0.2) is 0 Å². The van der Waals surface area contributed by atoms with Crippen LogP contribution in [0.3, 0.4) is 0 Å². The summed E-state index contributed by atoms with van der Waals surface area (Å²) < 4.78 is 5.99. The Morgan fingerprint density at radius 3 is 2.53 bits per heavy atom. The Hall–Kier alpha value is 0.660. The van der Waals surface area contributed by atoms with Crippen LogP contribution in [0.4, 0.5) is 0 Å². The lowest BCUT2D eigenvalue weighted by Crippen LogP contribution is -2.20. The van der Waals surface area contributed by atoms with Crippen molar-refractivity contribution in [3.63, 3.8) is 0 Å². The summed E-state index contributed by atoms with van der Waals surface area (Å²) in [5, 5.41) is 0. The first-order chi connectivity index (χ1) is 7.27. The first kappa shape index (κ1) is 13.7. The molecular weight excluding hydrogens is 224 g/mol. The minimum atomic E-state index is 0.503. The lowest BCUT2D eigenvalue weighted by Gasteiger charge is -2.32. The molecule has 90 valence electrons. The molecule has 0 atom stereocenters. The molecular formula is C12H24OS2. The van der Waals surface area contributed by atoms with E-state index in [4.69, 9.17) is 4.74 Å². The second-order valence-corrected chi connectivity index (χ2v) is 7.71. The molecule has 1 fully saturated rings. The highest BCUT2D eigenvalue weighted by molar-refractivity contribution is 8.18. The Balaban J connectivity index is 1.98. The summed E-state index contributed by atoms with van der Waals surface area (Å²) in [6, 6.07) is 0. The van der Waals surface area contributed by atoms with E-state index in [2.05, 4.69) is 37.4 Å². The Bertz CT molecular complexity index is 156. The molecule has 0 spiro atoms. The predicted molar refractivity (Wildman–Crippen MR) is 72.9 cm³/mol. The minimum Gasteiger partial charge on any atom is -0.381 e. The molecule has 0 N–H and O–H groups in total. The molecule has 0 radical (unpaired) electrons. The van der Waals surface area contributed by atoms with Crippen LogP contribution in [0.25, 0.3) is 0 Å². The van der Waals surface area contributed by atoms with Gasteiger partial charge in [0.1, 0.15) is 0 Å². The van der Waals surface area contributed by atoms with Gasteiger partial charge < -0.3 is 4.74 Å². The molecule has 3 heteroatoms. The molecule has 1 rings (SSSR count). The fraction of sp³-hybridized carbons (Fsp3) is 1.00. The fourth-order valence-corrected chi connectivity index (χ4v) is 4.75. The molecule has 0 amide bonds. The van der Waals surface area contributed by atoms with Crippen molar-refractivity contribution in [1.82, 2.24) is 0 Å². The number of hydrogen-bond donors (Lipinski definition) is 0. The van der Waals surface area contributed by atoms with E-state index in [0.717, 1.165) is 19.6 Å². The topological polar surface area (TPSA) is 9.23 Å². The van der Waals surface area contributed by atoms with Gasteiger partial charge in [0.05, 0.1) is 4.08 Å². The predicted octanol–water partition coefficient (Wildman–Crippen LogP) is 4.17. The molecule has 1 heterocycles. The van der Waals surface area contributed by atoms with Crippen molar-refractivity contribution >= 4 is 23.5 Å². The SMILES string of the molecule is CCCOCCCCC1(C)SCCCS1. The van der Waals surface area contributed by atoms with Crippen LogP contribution in [0.2, 0.25) is 0 Å². The molecule has 0 unspecified atom stereocenters. The monoisotopic (exact) mass is 248 g/mol. The van der Waals surface area contributed by atoms with E-state index in [-0.39, 0.29) is 0 Å². The van der Waals surface area contributed by atoms with E-state index in [1.54, 1.807) is 0 Å². The first-order valence-electron chi connectivity index (χ1n) is 6.12. The van der Waals surface area contributed by atoms with Crippen LogP contribution in [-0.4, -0.2) is 28.8 Å². The van der Waals surface area contributed by atoms with Gasteiger partial charge in [-0.05, 0) is 50.5 Å². The quantitative estimate of drug-likeness (QED) is 0.626. The third kappa shape index (κ3) is 6.08. The highest BCUT2D eigenvalue weighted by Crippen LogP contribution is 2.45. The minimum absolute atomic E-state index is 0.503. The lowest BCUT2D eigenvalue weighted by molar-refractivity contribution is 0.130. The molecule has 1 nitrogen and oxygen atoms in total. The van der Waals surface area contributed by atoms with Crippen LogP contribution in [0, 0.1) is 0 Å². The standard InChI is InChI=1S/C12H24OS2/c1-3-8-13-9-5-4-7-12(2)14-10-6-11-15-12/h3-11H2,1-2H3. The number of unbranched alkanes of at least 4 members (excludes halogenated alkanes) is 1. The van der Waals surface area contributed by atoms with Gasteiger partial charge in [0.2, 0.25) is 0 Å². The maximum atomic E-state index is 5.49.